The van der Waals surface area contributed by atoms with Crippen molar-refractivity contribution in [2.24, 2.45) is 5.92 Å². The zero-order valence-electron chi connectivity index (χ0n) is 14.3. The van der Waals surface area contributed by atoms with Crippen molar-refractivity contribution in [1.29, 1.82) is 0 Å². The van der Waals surface area contributed by atoms with Crippen molar-refractivity contribution in [2.45, 2.75) is 25.6 Å². The molecule has 0 unspecified atom stereocenters. The Labute approximate surface area is 153 Å². The Hall–Kier alpha value is -2.75. The third kappa shape index (κ3) is 4.33. The lowest BCUT2D eigenvalue weighted by atomic mass is 9.86. The smallest absolute Gasteiger partial charge is 0.387 e. The van der Waals surface area contributed by atoms with Gasteiger partial charge in [0.1, 0.15) is 11.9 Å². The molecule has 146 valence electrons. The first-order valence-corrected chi connectivity index (χ1v) is 8.46. The van der Waals surface area contributed by atoms with E-state index in [1.54, 1.807) is 0 Å². The fourth-order valence-electron chi connectivity index (χ4n) is 3.57. The van der Waals surface area contributed by atoms with Crippen LogP contribution >= 0.6 is 0 Å². The number of fused-ring (bicyclic) bond motifs is 4. The summed E-state index contributed by atoms with van der Waals surface area (Å²) < 4.78 is 34.5. The van der Waals surface area contributed by atoms with Crippen LogP contribution < -0.4 is 4.74 Å². The van der Waals surface area contributed by atoms with E-state index >= 15 is 0 Å². The second-order valence-electron chi connectivity index (χ2n) is 6.35. The summed E-state index contributed by atoms with van der Waals surface area (Å²) in [5, 5.41) is 14.1. The Morgan fingerprint density at radius 3 is 2.67 bits per heavy atom. The number of hydrogen-bond acceptors (Lipinski definition) is 6. The Morgan fingerprint density at radius 1 is 1.37 bits per heavy atom. The van der Waals surface area contributed by atoms with E-state index in [-0.39, 0.29) is 24.0 Å². The Bertz CT molecular complexity index is 805. The van der Waals surface area contributed by atoms with E-state index in [1.807, 2.05) is 0 Å². The Kier molecular flexibility index (Phi) is 5.84. The second kappa shape index (κ2) is 8.30. The van der Waals surface area contributed by atoms with Crippen LogP contribution in [-0.4, -0.2) is 65.0 Å². The number of ether oxygens (including phenoxy) is 2. The van der Waals surface area contributed by atoms with Crippen LogP contribution in [0.1, 0.15) is 23.3 Å². The standard InChI is InChI=1S/C16H17F2N3O3.CH2O2/c17-16(18)23-10-1-2-11-12(7-10)19-20-14(11)15(22)24-13-8-21-5-3-9(13)4-6-21;2-1-3/h1-2,7,9,13,16H,3-6,8H2,(H,19,20);1H,(H,2,3)/t13-;/m0./s1. The van der Waals surface area contributed by atoms with Crippen molar-refractivity contribution >= 4 is 23.3 Å². The minimum absolute atomic E-state index is 0.0125. The van der Waals surface area contributed by atoms with Gasteiger partial charge in [-0.25, -0.2) is 4.79 Å². The van der Waals surface area contributed by atoms with E-state index in [2.05, 4.69) is 19.8 Å². The monoisotopic (exact) mass is 383 g/mol. The Balaban J connectivity index is 0.000000659. The number of hydrogen-bond donors (Lipinski definition) is 2. The van der Waals surface area contributed by atoms with Crippen LogP contribution in [-0.2, 0) is 9.53 Å². The highest BCUT2D eigenvalue weighted by atomic mass is 19.3. The molecule has 3 aliphatic heterocycles. The summed E-state index contributed by atoms with van der Waals surface area (Å²) in [6, 6.07) is 4.30. The molecule has 1 aromatic heterocycles. The number of H-pyrrole nitrogens is 1. The number of nitrogens with zero attached hydrogens (tertiary/aromatic N) is 2. The minimum Gasteiger partial charge on any atom is -0.483 e. The van der Waals surface area contributed by atoms with Gasteiger partial charge in [-0.1, -0.05) is 0 Å². The molecule has 3 saturated heterocycles. The highest BCUT2D eigenvalue weighted by molar-refractivity contribution is 6.02. The molecular weight excluding hydrogens is 364 g/mol. The number of nitrogens with one attached hydrogen (secondary N) is 1. The summed E-state index contributed by atoms with van der Waals surface area (Å²) >= 11 is 0. The first kappa shape index (κ1) is 19.0. The van der Waals surface area contributed by atoms with Gasteiger partial charge in [0.2, 0.25) is 0 Å². The molecule has 2 aromatic rings. The Morgan fingerprint density at radius 2 is 2.07 bits per heavy atom. The minimum atomic E-state index is -2.90. The fraction of sp³-hybridized carbons (Fsp3) is 0.471. The molecule has 1 aromatic carbocycles. The molecule has 4 heterocycles. The van der Waals surface area contributed by atoms with Gasteiger partial charge in [0.15, 0.2) is 5.69 Å². The van der Waals surface area contributed by atoms with Gasteiger partial charge in [-0.3, -0.25) is 14.8 Å². The molecule has 0 aliphatic carbocycles. The molecule has 0 saturated carbocycles. The van der Waals surface area contributed by atoms with Gasteiger partial charge in [0.25, 0.3) is 6.47 Å². The predicted octanol–water partition coefficient (Wildman–Crippen LogP) is 2.12. The van der Waals surface area contributed by atoms with E-state index < -0.39 is 12.6 Å². The average Bonchev–Trinajstić information content (AvgIpc) is 3.06. The van der Waals surface area contributed by atoms with E-state index in [4.69, 9.17) is 14.6 Å². The fourth-order valence-corrected chi connectivity index (χ4v) is 3.57. The summed E-state index contributed by atoms with van der Waals surface area (Å²) in [5.41, 5.74) is 0.624. The molecule has 3 fully saturated rings. The highest BCUT2D eigenvalue weighted by Gasteiger charge is 2.37. The predicted molar refractivity (Wildman–Crippen MR) is 89.8 cm³/mol. The second-order valence-corrected chi connectivity index (χ2v) is 6.35. The van der Waals surface area contributed by atoms with Crippen LogP contribution in [0.3, 0.4) is 0 Å². The largest absolute Gasteiger partial charge is 0.483 e. The summed E-state index contributed by atoms with van der Waals surface area (Å²) in [5.74, 6) is -0.0591. The van der Waals surface area contributed by atoms with Crippen LogP contribution in [0.5, 0.6) is 5.75 Å². The number of aromatic amines is 1. The molecule has 10 heteroatoms. The number of carboxylic acid groups (broad SMARTS) is 1. The number of alkyl halides is 2. The third-order valence-electron chi connectivity index (χ3n) is 4.81. The number of halogens is 2. The first-order chi connectivity index (χ1) is 13.0. The summed E-state index contributed by atoms with van der Waals surface area (Å²) in [6.07, 6.45) is 1.99. The van der Waals surface area contributed by atoms with E-state index in [9.17, 15) is 13.6 Å². The van der Waals surface area contributed by atoms with Gasteiger partial charge in [-0.15, -0.1) is 0 Å². The number of piperidine rings is 3. The van der Waals surface area contributed by atoms with E-state index in [1.165, 1.54) is 18.2 Å². The normalized spacial score (nSPS) is 23.6. The van der Waals surface area contributed by atoms with Crippen molar-refractivity contribution in [2.75, 3.05) is 19.6 Å². The maximum Gasteiger partial charge on any atom is 0.387 e. The molecule has 0 amide bonds. The van der Waals surface area contributed by atoms with Gasteiger partial charge in [-0.2, -0.15) is 13.9 Å². The maximum absolute atomic E-state index is 12.5. The van der Waals surface area contributed by atoms with Crippen LogP contribution in [0, 0.1) is 5.92 Å². The number of esters is 1. The van der Waals surface area contributed by atoms with E-state index in [0.717, 1.165) is 32.5 Å². The van der Waals surface area contributed by atoms with Crippen molar-refractivity contribution in [3.63, 3.8) is 0 Å². The number of aromatic nitrogens is 2. The number of benzene rings is 1. The quantitative estimate of drug-likeness (QED) is 0.615. The molecule has 5 rings (SSSR count). The van der Waals surface area contributed by atoms with Gasteiger partial charge >= 0.3 is 12.6 Å². The number of carbonyl (C=O) groups is 2. The van der Waals surface area contributed by atoms with Crippen LogP contribution in [0.2, 0.25) is 0 Å². The third-order valence-corrected chi connectivity index (χ3v) is 4.81. The molecule has 2 N–H and O–H groups in total. The van der Waals surface area contributed by atoms with Crippen molar-refractivity contribution in [3.05, 3.63) is 23.9 Å². The molecule has 0 spiro atoms. The van der Waals surface area contributed by atoms with Gasteiger partial charge in [0, 0.05) is 18.0 Å². The molecule has 2 bridgehead atoms. The number of carbonyl (C=O) groups excluding carboxylic acids is 1. The SMILES string of the molecule is O=C(O[C@H]1CN2CCC1CC2)c1n[nH]c2cc(OC(F)F)ccc12.O=CO. The topological polar surface area (TPSA) is 105 Å². The lowest BCUT2D eigenvalue weighted by Crippen LogP contribution is -2.51. The summed E-state index contributed by atoms with van der Waals surface area (Å²) in [4.78, 5) is 23.1. The zero-order chi connectivity index (χ0) is 19.4. The van der Waals surface area contributed by atoms with E-state index in [0.29, 0.717) is 16.8 Å². The van der Waals surface area contributed by atoms with Crippen LogP contribution in [0.15, 0.2) is 18.2 Å². The van der Waals surface area contributed by atoms with Crippen molar-refractivity contribution in [3.8, 4) is 5.75 Å². The highest BCUT2D eigenvalue weighted by Crippen LogP contribution is 2.31. The average molecular weight is 383 g/mol. The molecule has 3 aliphatic rings. The lowest BCUT2D eigenvalue weighted by molar-refractivity contribution is -0.122. The van der Waals surface area contributed by atoms with Crippen LogP contribution in [0.25, 0.3) is 10.9 Å². The molecule has 1 atom stereocenters. The summed E-state index contributed by atoms with van der Waals surface area (Å²) in [7, 11) is 0. The van der Waals surface area contributed by atoms with Gasteiger partial charge in [-0.05, 0) is 44.0 Å². The molecular formula is C17H19F2N3O5. The van der Waals surface area contributed by atoms with Crippen molar-refractivity contribution in [1.82, 2.24) is 15.1 Å². The zero-order valence-corrected chi connectivity index (χ0v) is 14.3. The summed E-state index contributed by atoms with van der Waals surface area (Å²) in [6.45, 7) is -0.245. The molecule has 8 nitrogen and oxygen atoms in total. The van der Waals surface area contributed by atoms with Crippen LogP contribution in [0.4, 0.5) is 8.78 Å². The first-order valence-electron chi connectivity index (χ1n) is 8.46. The van der Waals surface area contributed by atoms with Crippen molar-refractivity contribution < 1.29 is 33.0 Å². The number of rotatable bonds is 4. The van der Waals surface area contributed by atoms with Gasteiger partial charge in [0.05, 0.1) is 5.52 Å². The molecule has 0 radical (unpaired) electrons. The molecule has 27 heavy (non-hydrogen) atoms. The lowest BCUT2D eigenvalue weighted by Gasteiger charge is -2.43. The van der Waals surface area contributed by atoms with Gasteiger partial charge < -0.3 is 14.6 Å². The maximum atomic E-state index is 12.5.